The van der Waals surface area contributed by atoms with Crippen LogP contribution in [0, 0.1) is 0 Å². The molecule has 3 heterocycles. The van der Waals surface area contributed by atoms with Crippen molar-refractivity contribution in [3.8, 4) is 11.5 Å². The first-order valence-electron chi connectivity index (χ1n) is 8.06. The number of hydrogen-bond donors (Lipinski definition) is 1. The van der Waals surface area contributed by atoms with Gasteiger partial charge in [0.1, 0.15) is 5.65 Å². The lowest BCUT2D eigenvalue weighted by molar-refractivity contribution is -0.116. The Labute approximate surface area is 144 Å². The van der Waals surface area contributed by atoms with Crippen LogP contribution in [-0.2, 0) is 11.2 Å². The van der Waals surface area contributed by atoms with Crippen molar-refractivity contribution in [3.63, 3.8) is 0 Å². The number of aromatic nitrogens is 2. The van der Waals surface area contributed by atoms with Gasteiger partial charge in [0.05, 0.1) is 5.69 Å². The molecule has 1 amide bonds. The number of carbonyl (C=O) groups is 1. The lowest BCUT2D eigenvalue weighted by Crippen LogP contribution is -2.23. The largest absolute Gasteiger partial charge is 0.454 e. The van der Waals surface area contributed by atoms with Gasteiger partial charge in [0.2, 0.25) is 12.7 Å². The van der Waals surface area contributed by atoms with Crippen LogP contribution < -0.4 is 14.8 Å². The van der Waals surface area contributed by atoms with E-state index < -0.39 is 0 Å². The Balaban J connectivity index is 1.30. The Hall–Kier alpha value is -3.28. The highest BCUT2D eigenvalue weighted by Crippen LogP contribution is 2.32. The molecule has 1 aromatic carbocycles. The Morgan fingerprint density at radius 2 is 2.16 bits per heavy atom. The third kappa shape index (κ3) is 3.47. The van der Waals surface area contributed by atoms with E-state index in [0.717, 1.165) is 22.7 Å². The molecule has 3 aromatic rings. The van der Waals surface area contributed by atoms with Crippen LogP contribution >= 0.6 is 0 Å². The number of fused-ring (bicyclic) bond motifs is 2. The highest BCUT2D eigenvalue weighted by molar-refractivity contribution is 5.91. The van der Waals surface area contributed by atoms with E-state index in [-0.39, 0.29) is 12.7 Å². The maximum Gasteiger partial charge on any atom is 0.244 e. The number of nitrogens with one attached hydrogen (secondary N) is 1. The minimum Gasteiger partial charge on any atom is -0.454 e. The number of hydrogen-bond acceptors (Lipinski definition) is 4. The van der Waals surface area contributed by atoms with Crippen molar-refractivity contribution in [2.45, 2.75) is 6.42 Å². The predicted molar refractivity (Wildman–Crippen MR) is 93.5 cm³/mol. The average molecular weight is 335 g/mol. The second-order valence-corrected chi connectivity index (χ2v) is 5.69. The van der Waals surface area contributed by atoms with E-state index in [1.165, 1.54) is 6.08 Å². The number of nitrogens with zero attached hydrogens (tertiary/aromatic N) is 2. The van der Waals surface area contributed by atoms with Gasteiger partial charge in [-0.3, -0.25) is 4.79 Å². The zero-order valence-corrected chi connectivity index (χ0v) is 13.5. The number of amides is 1. The fourth-order valence-electron chi connectivity index (χ4n) is 2.67. The van der Waals surface area contributed by atoms with Crippen LogP contribution in [0.2, 0.25) is 0 Å². The topological polar surface area (TPSA) is 64.9 Å². The molecule has 0 saturated heterocycles. The van der Waals surface area contributed by atoms with Crippen molar-refractivity contribution in [2.75, 3.05) is 13.3 Å². The molecule has 2 aromatic heterocycles. The van der Waals surface area contributed by atoms with Gasteiger partial charge < -0.3 is 19.2 Å². The van der Waals surface area contributed by atoms with Crippen LogP contribution in [0.3, 0.4) is 0 Å². The molecule has 1 N–H and O–H groups in total. The summed E-state index contributed by atoms with van der Waals surface area (Å²) in [7, 11) is 0. The normalized spacial score (nSPS) is 12.8. The summed E-state index contributed by atoms with van der Waals surface area (Å²) in [6.45, 7) is 0.778. The highest BCUT2D eigenvalue weighted by atomic mass is 16.7. The minimum absolute atomic E-state index is 0.138. The first kappa shape index (κ1) is 15.3. The molecule has 0 bridgehead atoms. The summed E-state index contributed by atoms with van der Waals surface area (Å²) in [4.78, 5) is 16.4. The molecular weight excluding hydrogens is 318 g/mol. The number of ether oxygens (including phenoxy) is 2. The number of carbonyl (C=O) groups excluding carboxylic acids is 1. The van der Waals surface area contributed by atoms with Gasteiger partial charge in [0, 0.05) is 31.4 Å². The summed E-state index contributed by atoms with van der Waals surface area (Å²) in [5.74, 6) is 1.30. The van der Waals surface area contributed by atoms with Crippen LogP contribution in [0.1, 0.15) is 11.3 Å². The predicted octanol–water partition coefficient (Wildman–Crippen LogP) is 2.44. The molecular formula is C19H17N3O3. The van der Waals surface area contributed by atoms with E-state index in [0.29, 0.717) is 18.7 Å². The Morgan fingerprint density at radius 3 is 3.08 bits per heavy atom. The van der Waals surface area contributed by atoms with Gasteiger partial charge in [-0.15, -0.1) is 0 Å². The highest BCUT2D eigenvalue weighted by Gasteiger charge is 2.12. The van der Waals surface area contributed by atoms with Crippen LogP contribution in [0.5, 0.6) is 11.5 Å². The third-order valence-corrected chi connectivity index (χ3v) is 3.92. The Kier molecular flexibility index (Phi) is 4.08. The maximum absolute atomic E-state index is 11.9. The smallest absolute Gasteiger partial charge is 0.244 e. The number of pyridine rings is 1. The van der Waals surface area contributed by atoms with Crippen molar-refractivity contribution in [1.82, 2.24) is 14.7 Å². The molecule has 4 rings (SSSR count). The first-order valence-corrected chi connectivity index (χ1v) is 8.06. The van der Waals surface area contributed by atoms with Crippen LogP contribution in [-0.4, -0.2) is 28.6 Å². The first-order chi connectivity index (χ1) is 12.3. The van der Waals surface area contributed by atoms with Crippen molar-refractivity contribution in [3.05, 3.63) is 66.1 Å². The molecule has 1 aliphatic heterocycles. The molecule has 0 fully saturated rings. The van der Waals surface area contributed by atoms with Crippen molar-refractivity contribution in [1.29, 1.82) is 0 Å². The summed E-state index contributed by atoms with van der Waals surface area (Å²) in [5, 5.41) is 2.87. The standard InChI is InChI=1S/C19H17N3O3/c23-19(7-5-14-4-6-16-17(11-14)25-13-24-16)20-9-8-15-12-22-10-2-1-3-18(22)21-15/h1-7,10-12H,8-9,13H2,(H,20,23)/b7-5+. The Morgan fingerprint density at radius 1 is 1.24 bits per heavy atom. The van der Waals surface area contributed by atoms with Gasteiger partial charge in [-0.2, -0.15) is 0 Å². The molecule has 0 spiro atoms. The van der Waals surface area contributed by atoms with E-state index in [9.17, 15) is 4.79 Å². The van der Waals surface area contributed by atoms with E-state index in [1.54, 1.807) is 6.08 Å². The summed E-state index contributed by atoms with van der Waals surface area (Å²) in [6.07, 6.45) is 7.89. The molecule has 0 aliphatic carbocycles. The zero-order chi connectivity index (χ0) is 17.1. The number of benzene rings is 1. The van der Waals surface area contributed by atoms with Crippen LogP contribution in [0.15, 0.2) is 54.9 Å². The maximum atomic E-state index is 11.9. The van der Waals surface area contributed by atoms with Gasteiger partial charge >= 0.3 is 0 Å². The lowest BCUT2D eigenvalue weighted by atomic mass is 10.2. The second-order valence-electron chi connectivity index (χ2n) is 5.69. The summed E-state index contributed by atoms with van der Waals surface area (Å²) < 4.78 is 12.6. The quantitative estimate of drug-likeness (QED) is 0.728. The molecule has 126 valence electrons. The van der Waals surface area contributed by atoms with E-state index in [4.69, 9.17) is 9.47 Å². The second kappa shape index (κ2) is 6.68. The summed E-state index contributed by atoms with van der Waals surface area (Å²) >= 11 is 0. The number of imidazole rings is 1. The van der Waals surface area contributed by atoms with Crippen LogP contribution in [0.4, 0.5) is 0 Å². The SMILES string of the molecule is O=C(/C=C/c1ccc2c(c1)OCO2)NCCc1cn2ccccc2n1. The number of rotatable bonds is 5. The molecule has 6 heteroatoms. The minimum atomic E-state index is -0.138. The van der Waals surface area contributed by atoms with Gasteiger partial charge in [-0.05, 0) is 35.9 Å². The Bertz CT molecular complexity index is 913. The monoisotopic (exact) mass is 335 g/mol. The van der Waals surface area contributed by atoms with Crippen molar-refractivity contribution in [2.24, 2.45) is 0 Å². The van der Waals surface area contributed by atoms with Gasteiger partial charge in [-0.25, -0.2) is 4.98 Å². The molecule has 0 radical (unpaired) electrons. The van der Waals surface area contributed by atoms with Crippen molar-refractivity contribution >= 4 is 17.6 Å². The van der Waals surface area contributed by atoms with Gasteiger partial charge in [-0.1, -0.05) is 12.1 Å². The zero-order valence-electron chi connectivity index (χ0n) is 13.5. The molecule has 25 heavy (non-hydrogen) atoms. The fourth-order valence-corrected chi connectivity index (χ4v) is 2.67. The van der Waals surface area contributed by atoms with E-state index >= 15 is 0 Å². The summed E-state index contributed by atoms with van der Waals surface area (Å²) in [5.41, 5.74) is 2.75. The van der Waals surface area contributed by atoms with Gasteiger partial charge in [0.25, 0.3) is 0 Å². The van der Waals surface area contributed by atoms with Crippen molar-refractivity contribution < 1.29 is 14.3 Å². The lowest BCUT2D eigenvalue weighted by Gasteiger charge is -2.00. The van der Waals surface area contributed by atoms with E-state index in [1.807, 2.05) is 53.2 Å². The van der Waals surface area contributed by atoms with E-state index in [2.05, 4.69) is 10.3 Å². The molecule has 0 atom stereocenters. The molecule has 0 unspecified atom stereocenters. The van der Waals surface area contributed by atoms with Gasteiger partial charge in [0.15, 0.2) is 11.5 Å². The average Bonchev–Trinajstić information content (AvgIpc) is 3.25. The fraction of sp³-hybridized carbons (Fsp3) is 0.158. The third-order valence-electron chi connectivity index (χ3n) is 3.92. The summed E-state index contributed by atoms with van der Waals surface area (Å²) in [6, 6.07) is 11.4. The molecule has 1 aliphatic rings. The van der Waals surface area contributed by atoms with Crippen LogP contribution in [0.25, 0.3) is 11.7 Å². The molecule has 0 saturated carbocycles. The molecule has 6 nitrogen and oxygen atoms in total.